The first kappa shape index (κ1) is 32.1. The molecule has 0 amide bonds. The number of hydrogen-bond acceptors (Lipinski definition) is 6. The van der Waals surface area contributed by atoms with Crippen molar-refractivity contribution >= 4 is 11.9 Å². The quantitative estimate of drug-likeness (QED) is 0.123. The van der Waals surface area contributed by atoms with E-state index in [1.54, 1.807) is 19.1 Å². The second kappa shape index (κ2) is 16.8. The minimum atomic E-state index is -0.928. The van der Waals surface area contributed by atoms with Crippen LogP contribution in [0.3, 0.4) is 0 Å². The van der Waals surface area contributed by atoms with E-state index in [1.165, 1.54) is 0 Å². The molecular weight excluding hydrogens is 556 g/mol. The van der Waals surface area contributed by atoms with Crippen LogP contribution < -0.4 is 14.2 Å². The van der Waals surface area contributed by atoms with Crippen LogP contribution in [0.4, 0.5) is 0 Å². The predicted molar refractivity (Wildman–Crippen MR) is 169 cm³/mol. The molecule has 44 heavy (non-hydrogen) atoms. The van der Waals surface area contributed by atoms with Gasteiger partial charge in [0.05, 0.1) is 12.0 Å². The van der Waals surface area contributed by atoms with Crippen molar-refractivity contribution in [3.63, 3.8) is 0 Å². The molecule has 7 heteroatoms. The Kier molecular flexibility index (Phi) is 12.2. The number of ether oxygens (including phenoxy) is 4. The van der Waals surface area contributed by atoms with E-state index < -0.39 is 18.0 Å². The fourth-order valence-corrected chi connectivity index (χ4v) is 4.73. The molecule has 0 aliphatic rings. The lowest BCUT2D eigenvalue weighted by Gasteiger charge is -2.24. The normalized spacial score (nSPS) is 12.1. The van der Waals surface area contributed by atoms with Crippen LogP contribution >= 0.6 is 0 Å². The van der Waals surface area contributed by atoms with Gasteiger partial charge in [0.15, 0.2) is 11.5 Å². The number of hydrogen-bond donors (Lipinski definition) is 1. The van der Waals surface area contributed by atoms with E-state index in [2.05, 4.69) is 0 Å². The molecule has 4 rings (SSSR count). The molecule has 0 aromatic heterocycles. The number of carboxylic acid groups (broad SMARTS) is 1. The van der Waals surface area contributed by atoms with Crippen molar-refractivity contribution in [2.75, 3.05) is 0 Å². The van der Waals surface area contributed by atoms with E-state index >= 15 is 0 Å². The minimum absolute atomic E-state index is 0.0925. The summed E-state index contributed by atoms with van der Waals surface area (Å²) in [5.41, 5.74) is 3.09. The molecule has 0 radical (unpaired) electrons. The van der Waals surface area contributed by atoms with Gasteiger partial charge < -0.3 is 24.1 Å². The number of unbranched alkanes of at least 4 members (excludes halogenated alkanes) is 1. The number of benzene rings is 4. The first-order valence-corrected chi connectivity index (χ1v) is 15.0. The lowest BCUT2D eigenvalue weighted by Crippen LogP contribution is -2.27. The lowest BCUT2D eigenvalue weighted by molar-refractivity contribution is -0.139. The van der Waals surface area contributed by atoms with Gasteiger partial charge in [-0.3, -0.25) is 4.79 Å². The minimum Gasteiger partial charge on any atom is -0.485 e. The van der Waals surface area contributed by atoms with Crippen molar-refractivity contribution in [1.29, 1.82) is 0 Å². The molecule has 0 heterocycles. The lowest BCUT2D eigenvalue weighted by atomic mass is 9.96. The summed E-state index contributed by atoms with van der Waals surface area (Å²) < 4.78 is 24.8. The third-order valence-electron chi connectivity index (χ3n) is 7.19. The van der Waals surface area contributed by atoms with Crippen molar-refractivity contribution in [2.24, 2.45) is 5.92 Å². The standard InChI is InChI=1S/C37H40O7/c1-3-4-20-32(27(2)21-35(38)39)44-37(40)31-22-33(41-24-28-14-8-5-9-15-28)36(43-26-30-18-12-7-13-19-30)34(23-31)42-25-29-16-10-6-11-17-29/h5-19,22-23,27,32H,3-4,20-21,24-26H2,1-2H3,(H,38,39)/t27-,32-/m0/s1. The average Bonchev–Trinajstić information content (AvgIpc) is 3.04. The molecule has 4 aromatic rings. The Balaban J connectivity index is 1.69. The number of esters is 1. The highest BCUT2D eigenvalue weighted by Crippen LogP contribution is 2.41. The highest BCUT2D eigenvalue weighted by atomic mass is 16.6. The van der Waals surface area contributed by atoms with Crippen molar-refractivity contribution < 1.29 is 33.6 Å². The predicted octanol–water partition coefficient (Wildman–Crippen LogP) is 8.25. The van der Waals surface area contributed by atoms with Gasteiger partial charge in [0.25, 0.3) is 0 Å². The first-order valence-electron chi connectivity index (χ1n) is 15.0. The Hall–Kier alpha value is -4.78. The average molecular weight is 597 g/mol. The summed E-state index contributed by atoms with van der Waals surface area (Å²) in [6.45, 7) is 4.59. The fraction of sp³-hybridized carbons (Fsp3) is 0.297. The van der Waals surface area contributed by atoms with E-state index in [0.717, 1.165) is 29.5 Å². The second-order valence-corrected chi connectivity index (χ2v) is 10.8. The van der Waals surface area contributed by atoms with Crippen LogP contribution in [0.5, 0.6) is 17.2 Å². The highest BCUT2D eigenvalue weighted by Gasteiger charge is 2.26. The van der Waals surface area contributed by atoms with E-state index in [4.69, 9.17) is 18.9 Å². The third-order valence-corrected chi connectivity index (χ3v) is 7.19. The van der Waals surface area contributed by atoms with Crippen LogP contribution in [0.1, 0.15) is 66.6 Å². The highest BCUT2D eigenvalue weighted by molar-refractivity contribution is 5.91. The number of rotatable bonds is 17. The van der Waals surface area contributed by atoms with Crippen LogP contribution in [-0.4, -0.2) is 23.1 Å². The van der Waals surface area contributed by atoms with Gasteiger partial charge in [0.1, 0.15) is 25.9 Å². The van der Waals surface area contributed by atoms with Crippen molar-refractivity contribution in [3.8, 4) is 17.2 Å². The zero-order valence-electron chi connectivity index (χ0n) is 25.3. The Morgan fingerprint density at radius 3 is 1.59 bits per heavy atom. The van der Waals surface area contributed by atoms with Crippen LogP contribution in [0, 0.1) is 5.92 Å². The Morgan fingerprint density at radius 1 is 0.705 bits per heavy atom. The first-order chi connectivity index (χ1) is 21.4. The van der Waals surface area contributed by atoms with Gasteiger partial charge in [-0.25, -0.2) is 4.79 Å². The van der Waals surface area contributed by atoms with Crippen LogP contribution in [0.25, 0.3) is 0 Å². The van der Waals surface area contributed by atoms with Crippen LogP contribution in [0.15, 0.2) is 103 Å². The Labute approximate surface area is 259 Å². The molecule has 0 saturated heterocycles. The number of aliphatic carboxylic acids is 1. The molecule has 0 spiro atoms. The SMILES string of the molecule is CCCC[C@H](OC(=O)c1cc(OCc2ccccc2)c(OCc2ccccc2)c(OCc2ccccc2)c1)[C@@H](C)CC(=O)O. The molecule has 7 nitrogen and oxygen atoms in total. The van der Waals surface area contributed by atoms with Crippen molar-refractivity contribution in [1.82, 2.24) is 0 Å². The molecule has 0 fully saturated rings. The van der Waals surface area contributed by atoms with E-state index in [-0.39, 0.29) is 37.7 Å². The number of carbonyl (C=O) groups excluding carboxylic acids is 1. The summed E-state index contributed by atoms with van der Waals surface area (Å²) in [6, 6.07) is 32.4. The molecule has 0 saturated carbocycles. The number of carboxylic acids is 1. The Bertz CT molecular complexity index is 1390. The molecule has 2 atom stereocenters. The van der Waals surface area contributed by atoms with Crippen LogP contribution in [0.2, 0.25) is 0 Å². The number of carbonyl (C=O) groups is 2. The van der Waals surface area contributed by atoms with Gasteiger partial charge in [-0.15, -0.1) is 0 Å². The van der Waals surface area contributed by atoms with E-state index in [9.17, 15) is 14.7 Å². The zero-order valence-corrected chi connectivity index (χ0v) is 25.3. The van der Waals surface area contributed by atoms with E-state index in [0.29, 0.717) is 23.7 Å². The third kappa shape index (κ3) is 9.90. The zero-order chi connectivity index (χ0) is 31.1. The van der Waals surface area contributed by atoms with Gasteiger partial charge >= 0.3 is 11.9 Å². The summed E-state index contributed by atoms with van der Waals surface area (Å²) in [5, 5.41) is 9.36. The molecule has 0 unspecified atom stereocenters. The van der Waals surface area contributed by atoms with Gasteiger partial charge in [0, 0.05) is 5.92 Å². The van der Waals surface area contributed by atoms with Gasteiger partial charge in [0.2, 0.25) is 5.75 Å². The summed E-state index contributed by atoms with van der Waals surface area (Å²) in [4.78, 5) is 25.1. The van der Waals surface area contributed by atoms with Crippen molar-refractivity contribution in [3.05, 3.63) is 125 Å². The van der Waals surface area contributed by atoms with Gasteiger partial charge in [-0.2, -0.15) is 0 Å². The molecule has 4 aromatic carbocycles. The summed E-state index contributed by atoms with van der Waals surface area (Å²) in [6.07, 6.45) is 1.64. The smallest absolute Gasteiger partial charge is 0.338 e. The summed E-state index contributed by atoms with van der Waals surface area (Å²) in [7, 11) is 0. The summed E-state index contributed by atoms with van der Waals surface area (Å²) >= 11 is 0. The molecule has 230 valence electrons. The fourth-order valence-electron chi connectivity index (χ4n) is 4.73. The molecule has 0 aliphatic heterocycles. The Morgan fingerprint density at radius 2 is 1.16 bits per heavy atom. The van der Waals surface area contributed by atoms with Crippen LogP contribution in [-0.2, 0) is 29.4 Å². The van der Waals surface area contributed by atoms with Gasteiger partial charge in [-0.05, 0) is 35.2 Å². The maximum Gasteiger partial charge on any atom is 0.338 e. The monoisotopic (exact) mass is 596 g/mol. The van der Waals surface area contributed by atoms with Gasteiger partial charge in [-0.1, -0.05) is 118 Å². The largest absolute Gasteiger partial charge is 0.485 e. The maximum absolute atomic E-state index is 13.6. The maximum atomic E-state index is 13.6. The topological polar surface area (TPSA) is 91.3 Å². The molecule has 0 aliphatic carbocycles. The molecule has 1 N–H and O–H groups in total. The molecular formula is C37H40O7. The van der Waals surface area contributed by atoms with E-state index in [1.807, 2.05) is 97.9 Å². The van der Waals surface area contributed by atoms with Crippen molar-refractivity contribution in [2.45, 2.75) is 65.5 Å². The summed E-state index contributed by atoms with van der Waals surface area (Å²) in [5.74, 6) is -0.801. The molecule has 0 bridgehead atoms. The second-order valence-electron chi connectivity index (χ2n) is 10.8.